The first-order chi connectivity index (χ1) is 13.0. The number of hydrogen-bond acceptors (Lipinski definition) is 4. The third kappa shape index (κ3) is 4.77. The highest BCUT2D eigenvalue weighted by Crippen LogP contribution is 2.22. The Hall–Kier alpha value is -2.59. The molecule has 0 bridgehead atoms. The summed E-state index contributed by atoms with van der Waals surface area (Å²) in [6.45, 7) is 1.82. The zero-order valence-electron chi connectivity index (χ0n) is 14.6. The molecule has 0 amide bonds. The van der Waals surface area contributed by atoms with Crippen molar-refractivity contribution >= 4 is 32.5 Å². The van der Waals surface area contributed by atoms with E-state index in [1.807, 2.05) is 30.3 Å². The van der Waals surface area contributed by atoms with E-state index >= 15 is 0 Å². The van der Waals surface area contributed by atoms with Crippen LogP contribution in [0.3, 0.4) is 0 Å². The maximum Gasteiger partial charge on any atom is 0.241 e. The average Bonchev–Trinajstić information content (AvgIpc) is 2.66. The molecule has 0 aliphatic rings. The summed E-state index contributed by atoms with van der Waals surface area (Å²) in [7, 11) is -3.67. The normalized spacial score (nSPS) is 11.0. The van der Waals surface area contributed by atoms with E-state index in [2.05, 4.69) is 21.5 Å². The molecule has 1 aromatic heterocycles. The number of ether oxygens (including phenoxy) is 1. The third-order valence-corrected chi connectivity index (χ3v) is 5.59. The van der Waals surface area contributed by atoms with Crippen molar-refractivity contribution in [2.45, 2.75) is 11.8 Å². The summed E-state index contributed by atoms with van der Waals surface area (Å²) in [5.74, 6) is 6.18. The van der Waals surface area contributed by atoms with Crippen molar-refractivity contribution in [3.63, 3.8) is 0 Å². The molecule has 3 aromatic rings. The van der Waals surface area contributed by atoms with E-state index in [9.17, 15) is 8.42 Å². The van der Waals surface area contributed by atoms with Crippen molar-refractivity contribution in [1.82, 2.24) is 9.71 Å². The molecule has 0 aliphatic heterocycles. The molecule has 0 radical (unpaired) electrons. The molecule has 1 N–H and O–H groups in total. The number of rotatable bonds is 5. The van der Waals surface area contributed by atoms with Gasteiger partial charge in [0.25, 0.3) is 0 Å². The van der Waals surface area contributed by atoms with Crippen LogP contribution in [0.2, 0.25) is 5.02 Å². The summed E-state index contributed by atoms with van der Waals surface area (Å²) < 4.78 is 32.7. The van der Waals surface area contributed by atoms with Crippen LogP contribution in [-0.4, -0.2) is 26.6 Å². The van der Waals surface area contributed by atoms with Gasteiger partial charge >= 0.3 is 0 Å². The highest BCUT2D eigenvalue weighted by atomic mass is 35.5. The number of para-hydroxylation sites is 1. The molecule has 0 aliphatic carbocycles. The van der Waals surface area contributed by atoms with Gasteiger partial charge in [-0.3, -0.25) is 4.98 Å². The number of aromatic nitrogens is 1. The Labute approximate surface area is 163 Å². The zero-order chi connectivity index (χ0) is 19.3. The van der Waals surface area contributed by atoms with Crippen molar-refractivity contribution in [3.8, 4) is 17.6 Å². The van der Waals surface area contributed by atoms with E-state index < -0.39 is 10.0 Å². The van der Waals surface area contributed by atoms with Crippen LogP contribution in [0, 0.1) is 18.8 Å². The summed E-state index contributed by atoms with van der Waals surface area (Å²) in [5.41, 5.74) is 1.38. The number of pyridine rings is 1. The molecular formula is C20H17ClN2O3S. The minimum atomic E-state index is -3.67. The van der Waals surface area contributed by atoms with Crippen LogP contribution in [0.5, 0.6) is 5.75 Å². The van der Waals surface area contributed by atoms with Gasteiger partial charge in [-0.15, -0.1) is 0 Å². The Morgan fingerprint density at radius 1 is 1.15 bits per heavy atom. The standard InChI is InChI=1S/C20H17ClN2O3S/c1-15-9-10-17(21)14-19(15)27(24,25)23-12-2-3-13-26-18-8-4-6-16-7-5-11-22-20(16)18/h4-11,14,23H,12-13H2,1H3. The molecule has 1 heterocycles. The summed E-state index contributed by atoms with van der Waals surface area (Å²) >= 11 is 5.88. The molecule has 0 saturated heterocycles. The first-order valence-corrected chi connectivity index (χ1v) is 10.0. The molecule has 5 nitrogen and oxygen atoms in total. The predicted octanol–water partition coefficient (Wildman–Crippen LogP) is 3.56. The van der Waals surface area contributed by atoms with Crippen LogP contribution in [0.4, 0.5) is 0 Å². The molecule has 0 fully saturated rings. The van der Waals surface area contributed by atoms with Gasteiger partial charge in [0.2, 0.25) is 10.0 Å². The van der Waals surface area contributed by atoms with Crippen molar-refractivity contribution in [3.05, 3.63) is 65.3 Å². The van der Waals surface area contributed by atoms with Crippen molar-refractivity contribution in [2.24, 2.45) is 0 Å². The fourth-order valence-electron chi connectivity index (χ4n) is 2.49. The first kappa shape index (κ1) is 19.2. The Bertz CT molecular complexity index is 1130. The lowest BCUT2D eigenvalue weighted by Crippen LogP contribution is -2.24. The fourth-order valence-corrected chi connectivity index (χ4v) is 3.92. The smallest absolute Gasteiger partial charge is 0.241 e. The van der Waals surface area contributed by atoms with Gasteiger partial charge in [0.15, 0.2) is 0 Å². The van der Waals surface area contributed by atoms with Gasteiger partial charge in [0, 0.05) is 16.6 Å². The van der Waals surface area contributed by atoms with Gasteiger partial charge in [0.1, 0.15) is 17.9 Å². The van der Waals surface area contributed by atoms with Crippen LogP contribution in [0.15, 0.2) is 59.6 Å². The molecule has 0 unspecified atom stereocenters. The van der Waals surface area contributed by atoms with E-state index in [1.165, 1.54) is 6.07 Å². The predicted molar refractivity (Wildman–Crippen MR) is 106 cm³/mol. The van der Waals surface area contributed by atoms with Gasteiger partial charge in [-0.05, 0) is 36.8 Å². The summed E-state index contributed by atoms with van der Waals surface area (Å²) in [4.78, 5) is 4.45. The number of fused-ring (bicyclic) bond motifs is 1. The van der Waals surface area contributed by atoms with Gasteiger partial charge in [-0.25, -0.2) is 8.42 Å². The number of hydrogen-bond donors (Lipinski definition) is 1. The number of sulfonamides is 1. The maximum atomic E-state index is 12.3. The van der Waals surface area contributed by atoms with Gasteiger partial charge in [0.05, 0.1) is 11.4 Å². The maximum absolute atomic E-state index is 12.3. The topological polar surface area (TPSA) is 68.3 Å². The number of nitrogens with zero attached hydrogens (tertiary/aromatic N) is 1. The zero-order valence-corrected chi connectivity index (χ0v) is 16.1. The SMILES string of the molecule is Cc1ccc(Cl)cc1S(=O)(=O)NCC#CCOc1cccc2cccnc12. The summed E-state index contributed by atoms with van der Waals surface area (Å²) in [5, 5.41) is 1.34. The highest BCUT2D eigenvalue weighted by Gasteiger charge is 2.16. The van der Waals surface area contributed by atoms with E-state index in [1.54, 1.807) is 25.3 Å². The van der Waals surface area contributed by atoms with Crippen LogP contribution < -0.4 is 9.46 Å². The highest BCUT2D eigenvalue weighted by molar-refractivity contribution is 7.89. The van der Waals surface area contributed by atoms with Gasteiger partial charge in [-0.2, -0.15) is 4.72 Å². The van der Waals surface area contributed by atoms with Crippen LogP contribution in [-0.2, 0) is 10.0 Å². The van der Waals surface area contributed by atoms with Crippen LogP contribution in [0.25, 0.3) is 10.9 Å². The number of nitrogens with one attached hydrogen (secondary N) is 1. The average molecular weight is 401 g/mol. The number of benzene rings is 2. The van der Waals surface area contributed by atoms with Gasteiger partial charge in [-0.1, -0.05) is 47.7 Å². The largest absolute Gasteiger partial charge is 0.479 e. The minimum Gasteiger partial charge on any atom is -0.479 e. The molecular weight excluding hydrogens is 384 g/mol. The molecule has 0 spiro atoms. The fraction of sp³-hybridized carbons (Fsp3) is 0.150. The second kappa shape index (κ2) is 8.40. The van der Waals surface area contributed by atoms with E-state index in [0.717, 1.165) is 10.9 Å². The Kier molecular flexibility index (Phi) is 5.97. The second-order valence-electron chi connectivity index (χ2n) is 5.71. The Morgan fingerprint density at radius 3 is 2.81 bits per heavy atom. The molecule has 0 saturated carbocycles. The van der Waals surface area contributed by atoms with Crippen molar-refractivity contribution in [2.75, 3.05) is 13.2 Å². The Morgan fingerprint density at radius 2 is 1.96 bits per heavy atom. The van der Waals surface area contributed by atoms with E-state index in [4.69, 9.17) is 16.3 Å². The lowest BCUT2D eigenvalue weighted by atomic mass is 10.2. The van der Waals surface area contributed by atoms with Crippen LogP contribution >= 0.6 is 11.6 Å². The number of halogens is 1. The molecule has 2 aromatic carbocycles. The van der Waals surface area contributed by atoms with Crippen molar-refractivity contribution in [1.29, 1.82) is 0 Å². The summed E-state index contributed by atoms with van der Waals surface area (Å²) in [6, 6.07) is 14.2. The van der Waals surface area contributed by atoms with Crippen molar-refractivity contribution < 1.29 is 13.2 Å². The molecule has 0 atom stereocenters. The minimum absolute atomic E-state index is 0.0224. The first-order valence-electron chi connectivity index (χ1n) is 8.15. The quantitative estimate of drug-likeness (QED) is 0.665. The molecule has 3 rings (SSSR count). The lowest BCUT2D eigenvalue weighted by Gasteiger charge is -2.07. The lowest BCUT2D eigenvalue weighted by molar-refractivity contribution is 0.374. The number of aryl methyl sites for hydroxylation is 1. The van der Waals surface area contributed by atoms with Crippen LogP contribution in [0.1, 0.15) is 5.56 Å². The van der Waals surface area contributed by atoms with E-state index in [-0.39, 0.29) is 18.0 Å². The monoisotopic (exact) mass is 400 g/mol. The summed E-state index contributed by atoms with van der Waals surface area (Å²) in [6.07, 6.45) is 1.70. The Balaban J connectivity index is 1.59. The van der Waals surface area contributed by atoms with Gasteiger partial charge < -0.3 is 4.74 Å². The molecule has 7 heteroatoms. The second-order valence-corrected chi connectivity index (χ2v) is 7.88. The molecule has 138 valence electrons. The molecule has 27 heavy (non-hydrogen) atoms. The third-order valence-electron chi connectivity index (χ3n) is 3.81. The van der Waals surface area contributed by atoms with E-state index in [0.29, 0.717) is 16.3 Å².